The van der Waals surface area contributed by atoms with E-state index in [1.807, 2.05) is 0 Å². The zero-order valence-electron chi connectivity index (χ0n) is 16.1. The van der Waals surface area contributed by atoms with Crippen molar-refractivity contribution in [3.05, 3.63) is 0 Å². The molecule has 0 spiro atoms. The Morgan fingerprint density at radius 1 is 0.708 bits per heavy atom. The van der Waals surface area contributed by atoms with Gasteiger partial charge in [-0.25, -0.2) is 0 Å². The second-order valence-corrected chi connectivity index (χ2v) is 6.66. The van der Waals surface area contributed by atoms with E-state index in [4.69, 9.17) is 4.74 Å². The van der Waals surface area contributed by atoms with Gasteiger partial charge in [-0.3, -0.25) is 9.59 Å². The Hall–Kier alpha value is -1.06. The summed E-state index contributed by atoms with van der Waals surface area (Å²) in [4.78, 5) is 22.7. The summed E-state index contributed by atoms with van der Waals surface area (Å²) in [6.07, 6.45) is 15.4. The number of unbranched alkanes of at least 4 members (excludes halogenated alkanes) is 9. The predicted octanol–water partition coefficient (Wildman–Crippen LogP) is 5.43. The molecule has 4 nitrogen and oxygen atoms in total. The van der Waals surface area contributed by atoms with Gasteiger partial charge >= 0.3 is 11.9 Å². The van der Waals surface area contributed by atoms with Gasteiger partial charge in [0, 0.05) is 6.42 Å². The van der Waals surface area contributed by atoms with Crippen LogP contribution in [0.3, 0.4) is 0 Å². The van der Waals surface area contributed by atoms with Crippen LogP contribution in [0.15, 0.2) is 0 Å². The van der Waals surface area contributed by atoms with Gasteiger partial charge in [0.1, 0.15) is 0 Å². The fourth-order valence-corrected chi connectivity index (χ4v) is 3.00. The smallest absolute Gasteiger partial charge is 0.308 e. The number of rotatable bonds is 16. The first kappa shape index (κ1) is 22.9. The maximum Gasteiger partial charge on any atom is 0.308 e. The third kappa shape index (κ3) is 13.4. The molecule has 0 bridgehead atoms. The minimum absolute atomic E-state index is 0.0320. The average molecular weight is 343 g/mol. The number of hydrogen-bond donors (Lipinski definition) is 0. The molecular weight excluding hydrogens is 304 g/mol. The highest BCUT2D eigenvalue weighted by Crippen LogP contribution is 2.19. The second kappa shape index (κ2) is 16.8. The van der Waals surface area contributed by atoms with E-state index in [0.29, 0.717) is 6.42 Å². The molecule has 0 aliphatic rings. The molecule has 0 aliphatic heterocycles. The molecule has 142 valence electrons. The molecule has 0 saturated carbocycles. The molecule has 0 fully saturated rings. The van der Waals surface area contributed by atoms with Crippen LogP contribution in [0.4, 0.5) is 0 Å². The third-order valence-corrected chi connectivity index (χ3v) is 4.60. The Morgan fingerprint density at radius 2 is 1.21 bits per heavy atom. The van der Waals surface area contributed by atoms with E-state index in [0.717, 1.165) is 44.9 Å². The van der Waals surface area contributed by atoms with E-state index in [2.05, 4.69) is 11.7 Å². The van der Waals surface area contributed by atoms with E-state index in [1.165, 1.54) is 52.7 Å². The minimum Gasteiger partial charge on any atom is -0.469 e. The van der Waals surface area contributed by atoms with Crippen molar-refractivity contribution in [2.75, 3.05) is 14.2 Å². The largest absolute Gasteiger partial charge is 0.469 e. The molecule has 1 atom stereocenters. The third-order valence-electron chi connectivity index (χ3n) is 4.60. The Bertz CT molecular complexity index is 315. The van der Waals surface area contributed by atoms with Crippen molar-refractivity contribution in [1.82, 2.24) is 0 Å². The van der Waals surface area contributed by atoms with Crippen molar-refractivity contribution in [3.8, 4) is 0 Å². The highest BCUT2D eigenvalue weighted by molar-refractivity contribution is 5.72. The molecule has 0 aromatic heterocycles. The monoisotopic (exact) mass is 342 g/mol. The fraction of sp³-hybridized carbons (Fsp3) is 0.900. The van der Waals surface area contributed by atoms with Crippen LogP contribution in [-0.2, 0) is 19.1 Å². The summed E-state index contributed by atoms with van der Waals surface area (Å²) >= 11 is 0. The molecule has 0 aromatic carbocycles. The lowest BCUT2D eigenvalue weighted by atomic mass is 9.95. The van der Waals surface area contributed by atoms with Crippen molar-refractivity contribution in [3.63, 3.8) is 0 Å². The first-order chi connectivity index (χ1) is 11.7. The lowest BCUT2D eigenvalue weighted by molar-refractivity contribution is -0.146. The normalized spacial score (nSPS) is 12.0. The first-order valence-corrected chi connectivity index (χ1v) is 9.80. The molecule has 0 heterocycles. The van der Waals surface area contributed by atoms with Gasteiger partial charge in [0.2, 0.25) is 0 Å². The molecule has 0 amide bonds. The van der Waals surface area contributed by atoms with Gasteiger partial charge in [-0.2, -0.15) is 0 Å². The topological polar surface area (TPSA) is 52.6 Å². The maximum absolute atomic E-state index is 11.7. The molecule has 1 unspecified atom stereocenters. The molecule has 0 rings (SSSR count). The van der Waals surface area contributed by atoms with E-state index in [9.17, 15) is 9.59 Å². The number of hydrogen-bond acceptors (Lipinski definition) is 4. The maximum atomic E-state index is 11.7. The molecule has 0 N–H and O–H groups in total. The van der Waals surface area contributed by atoms with Crippen LogP contribution in [0.5, 0.6) is 0 Å². The summed E-state index contributed by atoms with van der Waals surface area (Å²) in [5, 5.41) is 0. The summed E-state index contributed by atoms with van der Waals surface area (Å²) in [5.41, 5.74) is 0. The Labute approximate surface area is 148 Å². The molecule has 0 radical (unpaired) electrons. The van der Waals surface area contributed by atoms with E-state index >= 15 is 0 Å². The van der Waals surface area contributed by atoms with Crippen LogP contribution < -0.4 is 0 Å². The van der Waals surface area contributed by atoms with Gasteiger partial charge in [0.05, 0.1) is 20.1 Å². The van der Waals surface area contributed by atoms with Gasteiger partial charge in [0.25, 0.3) is 0 Å². The Morgan fingerprint density at radius 3 is 1.71 bits per heavy atom. The highest BCUT2D eigenvalue weighted by atomic mass is 16.5. The number of carbonyl (C=O) groups excluding carboxylic acids is 2. The number of methoxy groups -OCH3 is 2. The predicted molar refractivity (Wildman–Crippen MR) is 97.8 cm³/mol. The minimum atomic E-state index is -0.0980. The average Bonchev–Trinajstić information content (AvgIpc) is 2.61. The number of esters is 2. The summed E-state index contributed by atoms with van der Waals surface area (Å²) < 4.78 is 9.53. The zero-order valence-corrected chi connectivity index (χ0v) is 16.1. The van der Waals surface area contributed by atoms with Crippen LogP contribution in [0.2, 0.25) is 0 Å². The van der Waals surface area contributed by atoms with Crippen molar-refractivity contribution in [2.24, 2.45) is 5.92 Å². The van der Waals surface area contributed by atoms with Crippen LogP contribution in [0.1, 0.15) is 96.8 Å². The Balaban J connectivity index is 3.45. The standard InChI is InChI=1S/C20H38O4/c1-4-5-15-18(20(22)24-3)16-13-11-9-7-6-8-10-12-14-17-19(21)23-2/h18H,4-17H2,1-3H3. The van der Waals surface area contributed by atoms with Crippen molar-refractivity contribution in [2.45, 2.75) is 96.8 Å². The molecule has 4 heteroatoms. The van der Waals surface area contributed by atoms with Gasteiger partial charge in [-0.15, -0.1) is 0 Å². The van der Waals surface area contributed by atoms with Crippen LogP contribution in [0, 0.1) is 5.92 Å². The summed E-state index contributed by atoms with van der Waals surface area (Å²) in [6, 6.07) is 0. The molecule has 24 heavy (non-hydrogen) atoms. The highest BCUT2D eigenvalue weighted by Gasteiger charge is 2.17. The van der Waals surface area contributed by atoms with E-state index < -0.39 is 0 Å². The van der Waals surface area contributed by atoms with Crippen molar-refractivity contribution in [1.29, 1.82) is 0 Å². The summed E-state index contributed by atoms with van der Waals surface area (Å²) in [6.45, 7) is 2.16. The Kier molecular flexibility index (Phi) is 16.0. The number of carbonyl (C=O) groups is 2. The van der Waals surface area contributed by atoms with Crippen LogP contribution in [0.25, 0.3) is 0 Å². The van der Waals surface area contributed by atoms with Crippen LogP contribution in [-0.4, -0.2) is 26.2 Å². The first-order valence-electron chi connectivity index (χ1n) is 9.80. The lowest BCUT2D eigenvalue weighted by Gasteiger charge is -2.13. The number of ether oxygens (including phenoxy) is 2. The lowest BCUT2D eigenvalue weighted by Crippen LogP contribution is -2.16. The molecule has 0 saturated heterocycles. The van der Waals surface area contributed by atoms with Gasteiger partial charge in [-0.05, 0) is 19.3 Å². The SMILES string of the molecule is CCCCC(CCCCCCCCCCCC(=O)OC)C(=O)OC. The van der Waals surface area contributed by atoms with Crippen molar-refractivity contribution < 1.29 is 19.1 Å². The molecule has 0 aromatic rings. The van der Waals surface area contributed by atoms with Crippen LogP contribution >= 0.6 is 0 Å². The van der Waals surface area contributed by atoms with Crippen molar-refractivity contribution >= 4 is 11.9 Å². The second-order valence-electron chi connectivity index (χ2n) is 6.66. The quantitative estimate of drug-likeness (QED) is 0.277. The van der Waals surface area contributed by atoms with Gasteiger partial charge in [0.15, 0.2) is 0 Å². The van der Waals surface area contributed by atoms with E-state index in [-0.39, 0.29) is 17.9 Å². The van der Waals surface area contributed by atoms with Gasteiger partial charge < -0.3 is 9.47 Å². The van der Waals surface area contributed by atoms with E-state index in [1.54, 1.807) is 0 Å². The van der Waals surface area contributed by atoms with Gasteiger partial charge in [-0.1, -0.05) is 71.1 Å². The zero-order chi connectivity index (χ0) is 18.0. The molecular formula is C20H38O4. The fourth-order valence-electron chi connectivity index (χ4n) is 3.00. The summed E-state index contributed by atoms with van der Waals surface area (Å²) in [5.74, 6) is -0.0284. The molecule has 0 aliphatic carbocycles. The summed E-state index contributed by atoms with van der Waals surface area (Å²) in [7, 11) is 2.94.